The van der Waals surface area contributed by atoms with Gasteiger partial charge in [-0.05, 0) is 42.5 Å². The van der Waals surface area contributed by atoms with E-state index in [1.165, 1.54) is 7.11 Å². The lowest BCUT2D eigenvalue weighted by atomic mass is 10.1. The molecule has 0 fully saturated rings. The molecular formula is C17H12Br2ClNO3S. The van der Waals surface area contributed by atoms with Crippen molar-refractivity contribution in [1.82, 2.24) is 4.98 Å². The highest BCUT2D eigenvalue weighted by Crippen LogP contribution is 2.35. The van der Waals surface area contributed by atoms with Crippen molar-refractivity contribution in [3.8, 4) is 5.88 Å². The van der Waals surface area contributed by atoms with Crippen LogP contribution in [-0.4, -0.2) is 20.5 Å². The van der Waals surface area contributed by atoms with Crippen LogP contribution >= 0.6 is 43.5 Å². The van der Waals surface area contributed by atoms with Crippen LogP contribution in [0.1, 0.15) is 5.56 Å². The smallest absolute Gasteiger partial charge is 0.219 e. The molecule has 0 aliphatic carbocycles. The predicted molar refractivity (Wildman–Crippen MR) is 106 cm³/mol. The lowest BCUT2D eigenvalue weighted by Gasteiger charge is -2.13. The van der Waals surface area contributed by atoms with Gasteiger partial charge in [-0.15, -0.1) is 0 Å². The van der Waals surface area contributed by atoms with Crippen LogP contribution in [0.15, 0.2) is 56.3 Å². The van der Waals surface area contributed by atoms with E-state index < -0.39 is 9.84 Å². The number of hydrogen-bond acceptors (Lipinski definition) is 4. The number of nitrogens with zero attached hydrogens (tertiary/aromatic N) is 1. The number of methoxy groups -OCH3 is 1. The summed E-state index contributed by atoms with van der Waals surface area (Å²) in [5.41, 5.74) is 0.979. The first-order chi connectivity index (χ1) is 11.8. The third-order valence-corrected chi connectivity index (χ3v) is 6.75. The number of halogens is 3. The van der Waals surface area contributed by atoms with Crippen molar-refractivity contribution >= 4 is 64.2 Å². The van der Waals surface area contributed by atoms with E-state index in [-0.39, 0.29) is 16.5 Å². The maximum atomic E-state index is 12.8. The molecule has 0 unspecified atom stereocenters. The monoisotopic (exact) mass is 503 g/mol. The molecule has 8 heteroatoms. The standard InChI is InChI=1S/C17H12Br2ClNO3S/c1-24-17-14(9-25(22,23)12-5-2-10(18)3-6-12)16(20)13-8-11(19)4-7-15(13)21-17/h2-8H,9H2,1H3. The fourth-order valence-corrected chi connectivity index (χ4v) is 4.79. The van der Waals surface area contributed by atoms with E-state index >= 15 is 0 Å². The van der Waals surface area contributed by atoms with Crippen molar-refractivity contribution in [2.75, 3.05) is 7.11 Å². The minimum Gasteiger partial charge on any atom is -0.481 e. The van der Waals surface area contributed by atoms with Crippen LogP contribution in [-0.2, 0) is 15.6 Å². The molecule has 0 saturated heterocycles. The Morgan fingerprint density at radius 1 is 1.08 bits per heavy atom. The summed E-state index contributed by atoms with van der Waals surface area (Å²) in [6, 6.07) is 11.9. The second-order valence-electron chi connectivity index (χ2n) is 5.29. The van der Waals surface area contributed by atoms with E-state index in [2.05, 4.69) is 36.8 Å². The molecule has 0 saturated carbocycles. The van der Waals surface area contributed by atoms with Gasteiger partial charge in [0.1, 0.15) is 0 Å². The first-order valence-corrected chi connectivity index (χ1v) is 10.7. The number of hydrogen-bond donors (Lipinski definition) is 0. The summed E-state index contributed by atoms with van der Waals surface area (Å²) in [7, 11) is -2.16. The zero-order valence-electron chi connectivity index (χ0n) is 13.0. The fraction of sp³-hybridized carbons (Fsp3) is 0.118. The number of aromatic nitrogens is 1. The lowest BCUT2D eigenvalue weighted by molar-refractivity contribution is 0.395. The molecule has 3 rings (SSSR count). The van der Waals surface area contributed by atoms with Gasteiger partial charge in [-0.3, -0.25) is 0 Å². The molecule has 25 heavy (non-hydrogen) atoms. The van der Waals surface area contributed by atoms with E-state index in [4.69, 9.17) is 16.3 Å². The number of fused-ring (bicyclic) bond motifs is 1. The molecule has 0 spiro atoms. The molecule has 4 nitrogen and oxygen atoms in total. The maximum Gasteiger partial charge on any atom is 0.219 e. The molecule has 0 aliphatic rings. The number of rotatable bonds is 4. The average Bonchev–Trinajstić information content (AvgIpc) is 2.58. The zero-order valence-corrected chi connectivity index (χ0v) is 17.7. The van der Waals surface area contributed by atoms with Crippen molar-refractivity contribution in [3.63, 3.8) is 0 Å². The van der Waals surface area contributed by atoms with Gasteiger partial charge in [0.05, 0.1) is 28.3 Å². The Morgan fingerprint density at radius 3 is 2.36 bits per heavy atom. The van der Waals surface area contributed by atoms with E-state index in [9.17, 15) is 8.42 Å². The quantitative estimate of drug-likeness (QED) is 0.477. The highest BCUT2D eigenvalue weighted by molar-refractivity contribution is 9.10. The molecule has 0 N–H and O–H groups in total. The van der Waals surface area contributed by atoms with E-state index in [1.54, 1.807) is 36.4 Å². The van der Waals surface area contributed by atoms with Crippen molar-refractivity contribution in [2.45, 2.75) is 10.6 Å². The van der Waals surface area contributed by atoms with Crippen molar-refractivity contribution in [1.29, 1.82) is 0 Å². The molecule has 0 amide bonds. The van der Waals surface area contributed by atoms with Crippen LogP contribution < -0.4 is 4.74 Å². The molecule has 2 aromatic carbocycles. The van der Waals surface area contributed by atoms with E-state index in [0.717, 1.165) is 8.95 Å². The Hall–Kier alpha value is -1.15. The van der Waals surface area contributed by atoms with Crippen LogP contribution in [0.4, 0.5) is 0 Å². The Labute approximate surface area is 167 Å². The van der Waals surface area contributed by atoms with E-state index in [0.29, 0.717) is 21.5 Å². The molecule has 3 aromatic rings. The summed E-state index contributed by atoms with van der Waals surface area (Å²) in [6.45, 7) is 0. The topological polar surface area (TPSA) is 56.3 Å². The van der Waals surface area contributed by atoms with Gasteiger partial charge in [0.15, 0.2) is 9.84 Å². The Balaban J connectivity index is 2.14. The molecule has 1 aromatic heterocycles. The van der Waals surface area contributed by atoms with E-state index in [1.807, 2.05) is 6.07 Å². The summed E-state index contributed by atoms with van der Waals surface area (Å²) >= 11 is 13.2. The minimum absolute atomic E-state index is 0.209. The third-order valence-electron chi connectivity index (χ3n) is 3.64. The average molecular weight is 506 g/mol. The van der Waals surface area contributed by atoms with Crippen LogP contribution in [0.3, 0.4) is 0 Å². The van der Waals surface area contributed by atoms with Gasteiger partial charge in [-0.25, -0.2) is 13.4 Å². The highest BCUT2D eigenvalue weighted by Gasteiger charge is 2.23. The SMILES string of the molecule is COc1nc2ccc(Br)cc2c(Cl)c1CS(=O)(=O)c1ccc(Br)cc1. The van der Waals surface area contributed by atoms with Gasteiger partial charge >= 0.3 is 0 Å². The Kier molecular flexibility index (Phi) is 5.39. The fourth-order valence-electron chi connectivity index (χ4n) is 2.42. The molecule has 0 bridgehead atoms. The molecule has 1 heterocycles. The van der Waals surface area contributed by atoms with Gasteiger partial charge in [0.25, 0.3) is 0 Å². The minimum atomic E-state index is -3.60. The molecule has 0 aliphatic heterocycles. The second-order valence-corrected chi connectivity index (χ2v) is 9.49. The first-order valence-electron chi connectivity index (χ1n) is 7.12. The summed E-state index contributed by atoms with van der Waals surface area (Å²) in [6.07, 6.45) is 0. The summed E-state index contributed by atoms with van der Waals surface area (Å²) in [4.78, 5) is 4.60. The van der Waals surface area contributed by atoms with Gasteiger partial charge in [0.2, 0.25) is 5.88 Å². The van der Waals surface area contributed by atoms with Crippen LogP contribution in [0.5, 0.6) is 5.88 Å². The number of sulfone groups is 1. The lowest BCUT2D eigenvalue weighted by Crippen LogP contribution is -2.08. The van der Waals surface area contributed by atoms with Gasteiger partial charge in [-0.1, -0.05) is 43.5 Å². The number of pyridine rings is 1. The van der Waals surface area contributed by atoms with Crippen LogP contribution in [0.25, 0.3) is 10.9 Å². The maximum absolute atomic E-state index is 12.8. The summed E-state index contributed by atoms with van der Waals surface area (Å²) in [5, 5.41) is 0.988. The van der Waals surface area contributed by atoms with Crippen LogP contribution in [0.2, 0.25) is 5.02 Å². The summed E-state index contributed by atoms with van der Waals surface area (Å²) in [5.74, 6) is -0.0907. The third kappa shape index (κ3) is 3.84. The molecule has 130 valence electrons. The Morgan fingerprint density at radius 2 is 1.72 bits per heavy atom. The largest absolute Gasteiger partial charge is 0.481 e. The molecule has 0 radical (unpaired) electrons. The molecule has 0 atom stereocenters. The first kappa shape index (κ1) is 18.6. The van der Waals surface area contributed by atoms with Crippen LogP contribution in [0, 0.1) is 0 Å². The number of ether oxygens (including phenoxy) is 1. The van der Waals surface area contributed by atoms with Crippen molar-refractivity contribution in [3.05, 3.63) is 62.0 Å². The highest BCUT2D eigenvalue weighted by atomic mass is 79.9. The zero-order chi connectivity index (χ0) is 18.2. The van der Waals surface area contributed by atoms with Crippen molar-refractivity contribution < 1.29 is 13.2 Å². The summed E-state index contributed by atoms with van der Waals surface area (Å²) < 4.78 is 32.5. The van der Waals surface area contributed by atoms with Crippen molar-refractivity contribution in [2.24, 2.45) is 0 Å². The Bertz CT molecular complexity index is 1050. The van der Waals surface area contributed by atoms with Gasteiger partial charge < -0.3 is 4.74 Å². The number of benzene rings is 2. The van der Waals surface area contributed by atoms with Gasteiger partial charge in [-0.2, -0.15) is 0 Å². The molecular weight excluding hydrogens is 494 g/mol. The second kappa shape index (κ2) is 7.23. The predicted octanol–water partition coefficient (Wildman–Crippen LogP) is 5.40. The normalized spacial score (nSPS) is 11.7. The van der Waals surface area contributed by atoms with Gasteiger partial charge in [0, 0.05) is 19.9 Å².